The Labute approximate surface area is 126 Å². The van der Waals surface area contributed by atoms with Crippen LogP contribution < -0.4 is 5.32 Å². The van der Waals surface area contributed by atoms with Gasteiger partial charge in [0.2, 0.25) is 0 Å². The highest BCUT2D eigenvalue weighted by molar-refractivity contribution is 6.30. The van der Waals surface area contributed by atoms with Crippen LogP contribution in [0.5, 0.6) is 0 Å². The highest BCUT2D eigenvalue weighted by Crippen LogP contribution is 2.17. The third-order valence-electron chi connectivity index (χ3n) is 3.33. The highest BCUT2D eigenvalue weighted by Gasteiger charge is 2.13. The summed E-state index contributed by atoms with van der Waals surface area (Å²) >= 11 is 5.89. The largest absolute Gasteiger partial charge is 0.303 e. The molecule has 0 aliphatic heterocycles. The molecule has 4 nitrogen and oxygen atoms in total. The molecule has 6 heteroatoms. The van der Waals surface area contributed by atoms with Crippen LogP contribution in [0.25, 0.3) is 5.65 Å². The van der Waals surface area contributed by atoms with E-state index in [9.17, 15) is 4.39 Å². The molecule has 0 spiro atoms. The zero-order chi connectivity index (χ0) is 14.8. The van der Waals surface area contributed by atoms with Gasteiger partial charge in [-0.25, -0.2) is 4.39 Å². The van der Waals surface area contributed by atoms with Gasteiger partial charge in [-0.3, -0.25) is 4.40 Å². The minimum atomic E-state index is -0.273. The lowest BCUT2D eigenvalue weighted by Gasteiger charge is -2.13. The first kappa shape index (κ1) is 14.0. The fourth-order valence-electron chi connectivity index (χ4n) is 2.19. The van der Waals surface area contributed by atoms with Gasteiger partial charge in [0.15, 0.2) is 11.5 Å². The topological polar surface area (TPSA) is 42.2 Å². The molecular weight excluding hydrogens is 291 g/mol. The van der Waals surface area contributed by atoms with Gasteiger partial charge in [-0.2, -0.15) is 0 Å². The fraction of sp³-hybridized carbons (Fsp3) is 0.200. The van der Waals surface area contributed by atoms with E-state index in [4.69, 9.17) is 11.6 Å². The summed E-state index contributed by atoms with van der Waals surface area (Å²) in [6.07, 6.45) is 1.91. The summed E-state index contributed by atoms with van der Waals surface area (Å²) in [4.78, 5) is 0. The van der Waals surface area contributed by atoms with Crippen molar-refractivity contribution in [3.8, 4) is 0 Å². The molecule has 21 heavy (non-hydrogen) atoms. The Hall–Kier alpha value is -1.98. The Kier molecular flexibility index (Phi) is 3.86. The molecule has 0 aliphatic carbocycles. The minimum Gasteiger partial charge on any atom is -0.303 e. The molecule has 108 valence electrons. The lowest BCUT2D eigenvalue weighted by molar-refractivity contribution is 0.522. The van der Waals surface area contributed by atoms with Crippen molar-refractivity contribution < 1.29 is 4.39 Å². The number of hydrogen-bond acceptors (Lipinski definition) is 3. The van der Waals surface area contributed by atoms with Crippen molar-refractivity contribution in [3.05, 3.63) is 64.8 Å². The number of nitrogens with zero attached hydrogens (tertiary/aromatic N) is 3. The van der Waals surface area contributed by atoms with Crippen molar-refractivity contribution in [2.24, 2.45) is 0 Å². The summed E-state index contributed by atoms with van der Waals surface area (Å²) < 4.78 is 15.6. The zero-order valence-electron chi connectivity index (χ0n) is 11.4. The van der Waals surface area contributed by atoms with Crippen LogP contribution in [0.4, 0.5) is 4.39 Å². The van der Waals surface area contributed by atoms with Crippen LogP contribution >= 0.6 is 11.6 Å². The summed E-state index contributed by atoms with van der Waals surface area (Å²) in [5, 5.41) is 12.0. The van der Waals surface area contributed by atoms with Crippen LogP contribution in [-0.4, -0.2) is 14.6 Å². The molecule has 3 rings (SSSR count). The van der Waals surface area contributed by atoms with Crippen LogP contribution in [0.2, 0.25) is 5.02 Å². The first-order valence-electron chi connectivity index (χ1n) is 6.62. The highest BCUT2D eigenvalue weighted by atomic mass is 35.5. The quantitative estimate of drug-likeness (QED) is 0.803. The van der Waals surface area contributed by atoms with Crippen LogP contribution in [-0.2, 0) is 6.54 Å². The summed E-state index contributed by atoms with van der Waals surface area (Å²) in [5.74, 6) is 0.512. The van der Waals surface area contributed by atoms with E-state index in [-0.39, 0.29) is 11.9 Å². The Morgan fingerprint density at radius 1 is 1.29 bits per heavy atom. The van der Waals surface area contributed by atoms with Gasteiger partial charge in [-0.1, -0.05) is 17.7 Å². The van der Waals surface area contributed by atoms with E-state index in [1.165, 1.54) is 12.1 Å². The molecule has 0 saturated heterocycles. The van der Waals surface area contributed by atoms with Crippen molar-refractivity contribution in [3.63, 3.8) is 0 Å². The Balaban J connectivity index is 1.77. The Bertz CT molecular complexity index is 771. The van der Waals surface area contributed by atoms with Crippen LogP contribution in [0.1, 0.15) is 24.4 Å². The number of pyridine rings is 1. The minimum absolute atomic E-state index is 0.0687. The maximum atomic E-state index is 13.7. The third kappa shape index (κ3) is 2.89. The number of benzene rings is 1. The van der Waals surface area contributed by atoms with Gasteiger partial charge in [-0.15, -0.1) is 10.2 Å². The maximum absolute atomic E-state index is 13.7. The van der Waals surface area contributed by atoms with Gasteiger partial charge in [-0.05, 0) is 37.3 Å². The molecule has 1 atom stereocenters. The lowest BCUT2D eigenvalue weighted by atomic mass is 10.2. The predicted molar refractivity (Wildman–Crippen MR) is 79.7 cm³/mol. The van der Waals surface area contributed by atoms with Crippen molar-refractivity contribution in [2.45, 2.75) is 19.5 Å². The van der Waals surface area contributed by atoms with Gasteiger partial charge in [0.1, 0.15) is 5.82 Å². The van der Waals surface area contributed by atoms with E-state index in [0.717, 1.165) is 11.5 Å². The van der Waals surface area contributed by atoms with Gasteiger partial charge in [0, 0.05) is 23.3 Å². The SMILES string of the molecule is CC(NCc1cc(Cl)ccc1F)c1nnc2ccccn12. The summed E-state index contributed by atoms with van der Waals surface area (Å²) in [6.45, 7) is 2.33. The molecule has 1 unspecified atom stereocenters. The lowest BCUT2D eigenvalue weighted by Crippen LogP contribution is -2.21. The molecule has 0 bridgehead atoms. The fourth-order valence-corrected chi connectivity index (χ4v) is 2.38. The molecular formula is C15H14ClFN4. The first-order chi connectivity index (χ1) is 10.1. The smallest absolute Gasteiger partial charge is 0.160 e. The van der Waals surface area contributed by atoms with Crippen molar-refractivity contribution in [2.75, 3.05) is 0 Å². The number of fused-ring (bicyclic) bond motifs is 1. The molecule has 2 heterocycles. The standard InChI is InChI=1S/C15H14ClFN4/c1-10(15-20-19-14-4-2-3-7-21(14)15)18-9-11-8-12(16)5-6-13(11)17/h2-8,10,18H,9H2,1H3. The second-order valence-electron chi connectivity index (χ2n) is 4.83. The Morgan fingerprint density at radius 2 is 2.14 bits per heavy atom. The van der Waals surface area contributed by atoms with Crippen LogP contribution in [0.3, 0.4) is 0 Å². The molecule has 1 N–H and O–H groups in total. The molecule has 3 aromatic rings. The van der Waals surface area contributed by atoms with E-state index < -0.39 is 0 Å². The second-order valence-corrected chi connectivity index (χ2v) is 5.26. The van der Waals surface area contributed by atoms with Crippen molar-refractivity contribution >= 4 is 17.2 Å². The van der Waals surface area contributed by atoms with Crippen molar-refractivity contribution in [1.82, 2.24) is 19.9 Å². The molecule has 2 aromatic heterocycles. The number of hydrogen-bond donors (Lipinski definition) is 1. The first-order valence-corrected chi connectivity index (χ1v) is 7.00. The van der Waals surface area contributed by atoms with Crippen molar-refractivity contribution in [1.29, 1.82) is 0 Å². The molecule has 1 aromatic carbocycles. The average Bonchev–Trinajstić information content (AvgIpc) is 2.92. The number of halogens is 2. The second kappa shape index (κ2) is 5.79. The predicted octanol–water partition coefficient (Wildman–Crippen LogP) is 3.37. The van der Waals surface area contributed by atoms with Gasteiger partial charge in [0.05, 0.1) is 6.04 Å². The number of nitrogens with one attached hydrogen (secondary N) is 1. The summed E-state index contributed by atoms with van der Waals surface area (Å²) in [5.41, 5.74) is 1.32. The van der Waals surface area contributed by atoms with Gasteiger partial charge < -0.3 is 5.32 Å². The zero-order valence-corrected chi connectivity index (χ0v) is 12.2. The molecule has 0 saturated carbocycles. The summed E-state index contributed by atoms with van der Waals surface area (Å²) in [7, 11) is 0. The Morgan fingerprint density at radius 3 is 3.00 bits per heavy atom. The molecule has 0 radical (unpaired) electrons. The molecule has 0 fully saturated rings. The number of aromatic nitrogens is 3. The average molecular weight is 305 g/mol. The third-order valence-corrected chi connectivity index (χ3v) is 3.57. The van der Waals surface area contributed by atoms with Crippen LogP contribution in [0.15, 0.2) is 42.6 Å². The van der Waals surface area contributed by atoms with E-state index in [1.807, 2.05) is 35.7 Å². The van der Waals surface area contributed by atoms with E-state index in [2.05, 4.69) is 15.5 Å². The van der Waals surface area contributed by atoms with Crippen LogP contribution in [0, 0.1) is 5.82 Å². The molecule has 0 amide bonds. The normalized spacial score (nSPS) is 12.7. The monoisotopic (exact) mass is 304 g/mol. The molecule has 0 aliphatic rings. The van der Waals surface area contributed by atoms with Gasteiger partial charge in [0.25, 0.3) is 0 Å². The summed E-state index contributed by atoms with van der Waals surface area (Å²) in [6, 6.07) is 10.2. The maximum Gasteiger partial charge on any atom is 0.160 e. The van der Waals surface area contributed by atoms with E-state index in [1.54, 1.807) is 6.07 Å². The number of rotatable bonds is 4. The van der Waals surface area contributed by atoms with E-state index >= 15 is 0 Å². The van der Waals surface area contributed by atoms with E-state index in [0.29, 0.717) is 17.1 Å². The van der Waals surface area contributed by atoms with Gasteiger partial charge >= 0.3 is 0 Å².